The first kappa shape index (κ1) is 19.6. The lowest BCUT2D eigenvalue weighted by Crippen LogP contribution is -2.48. The lowest BCUT2D eigenvalue weighted by molar-refractivity contribution is 0.209. The molecule has 0 aliphatic carbocycles. The number of piperazine rings is 1. The minimum Gasteiger partial charge on any atom is -0.399 e. The third-order valence-electron chi connectivity index (χ3n) is 6.19. The highest BCUT2D eigenvalue weighted by atomic mass is 15.3. The van der Waals surface area contributed by atoms with Gasteiger partial charge in [0.05, 0.1) is 11.4 Å². The molecular formula is C25H28N6. The number of pyridine rings is 1. The van der Waals surface area contributed by atoms with Crippen molar-refractivity contribution in [1.82, 2.24) is 20.1 Å². The van der Waals surface area contributed by atoms with Crippen LogP contribution in [0.1, 0.15) is 13.8 Å². The van der Waals surface area contributed by atoms with E-state index in [-0.39, 0.29) is 0 Å². The molecule has 0 saturated carbocycles. The highest BCUT2D eigenvalue weighted by Gasteiger charge is 2.19. The standard InChI is InChI=1S/C25H28N6/c1-17(2)30-13-15-31(16-14-30)21-9-5-19(6-10-21)24-22-11-12-23(27-25(22)29-28-24)18-3-7-20(26)8-4-18/h3-12,17H,13-16,26H2,1-2H3,(H,27,28,29). The van der Waals surface area contributed by atoms with Crippen LogP contribution in [0.3, 0.4) is 0 Å². The van der Waals surface area contributed by atoms with Gasteiger partial charge in [-0.1, -0.05) is 24.3 Å². The van der Waals surface area contributed by atoms with Crippen LogP contribution in [0.2, 0.25) is 0 Å². The van der Waals surface area contributed by atoms with Gasteiger partial charge in [0.15, 0.2) is 5.65 Å². The van der Waals surface area contributed by atoms with Gasteiger partial charge in [-0.15, -0.1) is 0 Å². The molecule has 31 heavy (non-hydrogen) atoms. The summed E-state index contributed by atoms with van der Waals surface area (Å²) in [6.45, 7) is 8.92. The number of nitrogens with one attached hydrogen (secondary N) is 1. The SMILES string of the molecule is CC(C)N1CCN(c2ccc(-c3[nH]nc4nc(-c5ccc(N)cc5)ccc34)cc2)CC1. The van der Waals surface area contributed by atoms with Crippen LogP contribution in [0.5, 0.6) is 0 Å². The Balaban J connectivity index is 1.36. The fourth-order valence-electron chi connectivity index (χ4n) is 4.27. The number of hydrogen-bond acceptors (Lipinski definition) is 5. The van der Waals surface area contributed by atoms with Crippen molar-refractivity contribution in [2.75, 3.05) is 36.8 Å². The summed E-state index contributed by atoms with van der Waals surface area (Å²) < 4.78 is 0. The number of nitrogen functional groups attached to an aromatic ring is 1. The molecule has 4 aromatic rings. The number of H-pyrrole nitrogens is 1. The zero-order valence-electron chi connectivity index (χ0n) is 18.0. The first-order chi connectivity index (χ1) is 15.1. The Labute approximate surface area is 182 Å². The topological polar surface area (TPSA) is 74.1 Å². The van der Waals surface area contributed by atoms with Gasteiger partial charge >= 0.3 is 0 Å². The number of hydrogen-bond donors (Lipinski definition) is 2. The molecule has 158 valence electrons. The smallest absolute Gasteiger partial charge is 0.182 e. The zero-order valence-corrected chi connectivity index (χ0v) is 18.0. The molecule has 5 rings (SSSR count). The van der Waals surface area contributed by atoms with Crippen molar-refractivity contribution in [2.24, 2.45) is 0 Å². The summed E-state index contributed by atoms with van der Waals surface area (Å²) in [5.41, 5.74) is 12.6. The van der Waals surface area contributed by atoms with Crippen LogP contribution in [-0.4, -0.2) is 52.3 Å². The molecule has 3 heterocycles. The molecule has 3 N–H and O–H groups in total. The molecule has 6 nitrogen and oxygen atoms in total. The van der Waals surface area contributed by atoms with Gasteiger partial charge in [0.2, 0.25) is 0 Å². The van der Waals surface area contributed by atoms with E-state index in [0.29, 0.717) is 6.04 Å². The molecule has 0 unspecified atom stereocenters. The Kier molecular flexibility index (Phi) is 5.08. The van der Waals surface area contributed by atoms with Gasteiger partial charge in [0, 0.05) is 60.1 Å². The second kappa shape index (κ2) is 8.04. The minimum absolute atomic E-state index is 0.618. The average Bonchev–Trinajstić information content (AvgIpc) is 3.23. The first-order valence-corrected chi connectivity index (χ1v) is 10.9. The number of fused-ring (bicyclic) bond motifs is 1. The largest absolute Gasteiger partial charge is 0.399 e. The lowest BCUT2D eigenvalue weighted by Gasteiger charge is -2.38. The molecule has 1 aliphatic rings. The second-order valence-corrected chi connectivity index (χ2v) is 8.45. The van der Waals surface area contributed by atoms with Crippen LogP contribution in [0.25, 0.3) is 33.5 Å². The van der Waals surface area contributed by atoms with E-state index in [0.717, 1.165) is 65.4 Å². The third-order valence-corrected chi connectivity index (χ3v) is 6.19. The Hall–Kier alpha value is -3.38. The fourth-order valence-corrected chi connectivity index (χ4v) is 4.27. The van der Waals surface area contributed by atoms with Gasteiger partial charge in [-0.25, -0.2) is 4.98 Å². The van der Waals surface area contributed by atoms with E-state index >= 15 is 0 Å². The van der Waals surface area contributed by atoms with Crippen LogP contribution in [0.15, 0.2) is 60.7 Å². The molecule has 0 bridgehead atoms. The van der Waals surface area contributed by atoms with Gasteiger partial charge < -0.3 is 10.6 Å². The average molecular weight is 413 g/mol. The third kappa shape index (κ3) is 3.86. The highest BCUT2D eigenvalue weighted by Crippen LogP contribution is 2.29. The summed E-state index contributed by atoms with van der Waals surface area (Å²) in [6.07, 6.45) is 0. The van der Waals surface area contributed by atoms with Gasteiger partial charge in [-0.2, -0.15) is 5.10 Å². The zero-order chi connectivity index (χ0) is 21.4. The molecule has 0 spiro atoms. The van der Waals surface area contributed by atoms with Crippen LogP contribution in [0.4, 0.5) is 11.4 Å². The van der Waals surface area contributed by atoms with Crippen molar-refractivity contribution in [3.05, 3.63) is 60.7 Å². The lowest BCUT2D eigenvalue weighted by atomic mass is 10.1. The van der Waals surface area contributed by atoms with E-state index in [1.54, 1.807) is 0 Å². The maximum atomic E-state index is 5.80. The van der Waals surface area contributed by atoms with E-state index in [9.17, 15) is 0 Å². The normalized spacial score (nSPS) is 15.1. The molecule has 1 saturated heterocycles. The van der Waals surface area contributed by atoms with Crippen molar-refractivity contribution in [1.29, 1.82) is 0 Å². The van der Waals surface area contributed by atoms with Gasteiger partial charge in [0.25, 0.3) is 0 Å². The van der Waals surface area contributed by atoms with E-state index in [1.807, 2.05) is 30.3 Å². The molecular weight excluding hydrogens is 384 g/mol. The number of anilines is 2. The number of benzene rings is 2. The van der Waals surface area contributed by atoms with Crippen LogP contribution in [0, 0.1) is 0 Å². The number of aromatic nitrogens is 3. The summed E-state index contributed by atoms with van der Waals surface area (Å²) in [4.78, 5) is 9.74. The van der Waals surface area contributed by atoms with Crippen molar-refractivity contribution in [2.45, 2.75) is 19.9 Å². The van der Waals surface area contributed by atoms with Crippen molar-refractivity contribution in [3.8, 4) is 22.5 Å². The number of nitrogens with two attached hydrogens (primary N) is 1. The Bertz CT molecular complexity index is 1170. The van der Waals surface area contributed by atoms with Gasteiger partial charge in [0.1, 0.15) is 0 Å². The van der Waals surface area contributed by atoms with E-state index in [2.05, 4.69) is 64.2 Å². The molecule has 0 radical (unpaired) electrons. The van der Waals surface area contributed by atoms with Gasteiger partial charge in [-0.05, 0) is 50.2 Å². The Morgan fingerprint density at radius 2 is 1.52 bits per heavy atom. The van der Waals surface area contributed by atoms with E-state index in [4.69, 9.17) is 10.7 Å². The quantitative estimate of drug-likeness (QED) is 0.486. The first-order valence-electron chi connectivity index (χ1n) is 10.9. The fraction of sp³-hybridized carbons (Fsp3) is 0.280. The summed E-state index contributed by atoms with van der Waals surface area (Å²) in [5, 5.41) is 8.67. The molecule has 2 aromatic carbocycles. The minimum atomic E-state index is 0.618. The number of rotatable bonds is 4. The maximum Gasteiger partial charge on any atom is 0.182 e. The van der Waals surface area contributed by atoms with Crippen molar-refractivity contribution in [3.63, 3.8) is 0 Å². The van der Waals surface area contributed by atoms with Gasteiger partial charge in [-0.3, -0.25) is 10.00 Å². The number of aromatic amines is 1. The monoisotopic (exact) mass is 412 g/mol. The van der Waals surface area contributed by atoms with Crippen LogP contribution < -0.4 is 10.6 Å². The molecule has 1 fully saturated rings. The summed E-state index contributed by atoms with van der Waals surface area (Å²) in [6, 6.07) is 21.3. The molecule has 6 heteroatoms. The Morgan fingerprint density at radius 3 is 2.19 bits per heavy atom. The maximum absolute atomic E-state index is 5.80. The molecule has 2 aromatic heterocycles. The van der Waals surface area contributed by atoms with Crippen molar-refractivity contribution < 1.29 is 0 Å². The predicted molar refractivity (Wildman–Crippen MR) is 128 cm³/mol. The van der Waals surface area contributed by atoms with E-state index < -0.39 is 0 Å². The highest BCUT2D eigenvalue weighted by molar-refractivity contribution is 5.92. The van der Waals surface area contributed by atoms with Crippen LogP contribution in [-0.2, 0) is 0 Å². The predicted octanol–water partition coefficient (Wildman–Crippen LogP) is 4.40. The number of nitrogens with zero attached hydrogens (tertiary/aromatic N) is 4. The molecule has 0 atom stereocenters. The van der Waals surface area contributed by atoms with E-state index in [1.165, 1.54) is 5.69 Å². The summed E-state index contributed by atoms with van der Waals surface area (Å²) in [7, 11) is 0. The second-order valence-electron chi connectivity index (χ2n) is 8.45. The molecule has 0 amide bonds. The van der Waals surface area contributed by atoms with Crippen LogP contribution >= 0.6 is 0 Å². The summed E-state index contributed by atoms with van der Waals surface area (Å²) in [5.74, 6) is 0. The molecule has 1 aliphatic heterocycles. The van der Waals surface area contributed by atoms with Crippen molar-refractivity contribution >= 4 is 22.4 Å². The Morgan fingerprint density at radius 1 is 0.839 bits per heavy atom. The summed E-state index contributed by atoms with van der Waals surface area (Å²) >= 11 is 0.